The summed E-state index contributed by atoms with van der Waals surface area (Å²) in [4.78, 5) is 17.6. The Kier molecular flexibility index (Phi) is 6.53. The van der Waals surface area contributed by atoms with Crippen molar-refractivity contribution in [3.63, 3.8) is 0 Å². The van der Waals surface area contributed by atoms with Crippen molar-refractivity contribution in [3.8, 4) is 6.07 Å². The SMILES string of the molecule is CC(C)c1ccc(/C=C(\C#N)C(=O)Nc2ncc(Cc3ccc(F)cc3)s2)cc1. The second-order valence-corrected chi connectivity index (χ2v) is 8.00. The van der Waals surface area contributed by atoms with Gasteiger partial charge >= 0.3 is 0 Å². The molecule has 0 unspecified atom stereocenters. The quantitative estimate of drug-likeness (QED) is 0.432. The lowest BCUT2D eigenvalue weighted by atomic mass is 10.0. The van der Waals surface area contributed by atoms with E-state index in [1.165, 1.54) is 29.0 Å². The van der Waals surface area contributed by atoms with Crippen molar-refractivity contribution >= 4 is 28.5 Å². The minimum atomic E-state index is -0.497. The number of hydrogen-bond acceptors (Lipinski definition) is 4. The van der Waals surface area contributed by atoms with Gasteiger partial charge in [0.05, 0.1) is 0 Å². The van der Waals surface area contributed by atoms with Crippen LogP contribution in [0.2, 0.25) is 0 Å². The fourth-order valence-electron chi connectivity index (χ4n) is 2.71. The van der Waals surface area contributed by atoms with Crippen molar-refractivity contribution in [2.45, 2.75) is 26.2 Å². The van der Waals surface area contributed by atoms with Crippen molar-refractivity contribution in [3.05, 3.63) is 87.7 Å². The van der Waals surface area contributed by atoms with Crippen molar-refractivity contribution in [2.75, 3.05) is 5.32 Å². The zero-order chi connectivity index (χ0) is 20.8. The van der Waals surface area contributed by atoms with Crippen LogP contribution in [0.25, 0.3) is 6.08 Å². The van der Waals surface area contributed by atoms with Gasteiger partial charge in [-0.2, -0.15) is 5.26 Å². The first kappa shape index (κ1) is 20.4. The minimum Gasteiger partial charge on any atom is -0.297 e. The highest BCUT2D eigenvalue weighted by Gasteiger charge is 2.12. The van der Waals surface area contributed by atoms with E-state index < -0.39 is 5.91 Å². The van der Waals surface area contributed by atoms with E-state index in [0.717, 1.165) is 16.0 Å². The zero-order valence-electron chi connectivity index (χ0n) is 16.1. The Balaban J connectivity index is 1.67. The third kappa shape index (κ3) is 5.59. The minimum absolute atomic E-state index is 0.0116. The van der Waals surface area contributed by atoms with Crippen LogP contribution < -0.4 is 5.32 Å². The van der Waals surface area contributed by atoms with E-state index in [2.05, 4.69) is 24.1 Å². The molecule has 2 aromatic carbocycles. The van der Waals surface area contributed by atoms with E-state index in [-0.39, 0.29) is 11.4 Å². The van der Waals surface area contributed by atoms with Crippen LogP contribution in [0.15, 0.2) is 60.3 Å². The lowest BCUT2D eigenvalue weighted by Gasteiger charge is -2.05. The molecule has 0 spiro atoms. The van der Waals surface area contributed by atoms with Crippen LogP contribution in [0.1, 0.15) is 41.3 Å². The molecule has 29 heavy (non-hydrogen) atoms. The van der Waals surface area contributed by atoms with Crippen LogP contribution in [0.3, 0.4) is 0 Å². The molecule has 1 N–H and O–H groups in total. The zero-order valence-corrected chi connectivity index (χ0v) is 17.0. The summed E-state index contributed by atoms with van der Waals surface area (Å²) >= 11 is 1.33. The number of amides is 1. The van der Waals surface area contributed by atoms with E-state index in [1.54, 1.807) is 24.4 Å². The number of halogens is 1. The summed E-state index contributed by atoms with van der Waals surface area (Å²) in [5.74, 6) is -0.357. The Bertz CT molecular complexity index is 1060. The van der Waals surface area contributed by atoms with Gasteiger partial charge in [0, 0.05) is 17.5 Å². The summed E-state index contributed by atoms with van der Waals surface area (Å²) in [7, 11) is 0. The molecule has 0 aliphatic rings. The number of aromatic nitrogens is 1. The summed E-state index contributed by atoms with van der Waals surface area (Å²) in [6.45, 7) is 4.22. The third-order valence-corrected chi connectivity index (χ3v) is 5.26. The highest BCUT2D eigenvalue weighted by molar-refractivity contribution is 7.15. The molecular weight excluding hydrogens is 385 g/mol. The second-order valence-electron chi connectivity index (χ2n) is 6.88. The average molecular weight is 405 g/mol. The van der Waals surface area contributed by atoms with Gasteiger partial charge in [0.1, 0.15) is 17.5 Å². The predicted molar refractivity (Wildman–Crippen MR) is 114 cm³/mol. The number of nitrogens with one attached hydrogen (secondary N) is 1. The lowest BCUT2D eigenvalue weighted by Crippen LogP contribution is -2.13. The Morgan fingerprint density at radius 3 is 2.52 bits per heavy atom. The number of thiazole rings is 1. The largest absolute Gasteiger partial charge is 0.297 e. The molecule has 0 radical (unpaired) electrons. The maximum Gasteiger partial charge on any atom is 0.268 e. The first-order valence-corrected chi connectivity index (χ1v) is 9.98. The molecule has 1 amide bonds. The molecule has 4 nitrogen and oxygen atoms in total. The molecule has 146 valence electrons. The first-order chi connectivity index (χ1) is 13.9. The molecule has 0 saturated carbocycles. The van der Waals surface area contributed by atoms with Gasteiger partial charge in [-0.05, 0) is 40.8 Å². The number of nitriles is 1. The Morgan fingerprint density at radius 1 is 1.21 bits per heavy atom. The molecule has 3 aromatic rings. The molecule has 3 rings (SSSR count). The number of hydrogen-bond donors (Lipinski definition) is 1. The van der Waals surface area contributed by atoms with Crippen LogP contribution in [0.4, 0.5) is 9.52 Å². The molecule has 0 atom stereocenters. The molecule has 1 heterocycles. The van der Waals surface area contributed by atoms with E-state index >= 15 is 0 Å². The van der Waals surface area contributed by atoms with Crippen molar-refractivity contribution in [1.82, 2.24) is 4.98 Å². The van der Waals surface area contributed by atoms with Gasteiger partial charge in [-0.25, -0.2) is 9.37 Å². The summed E-state index contributed by atoms with van der Waals surface area (Å²) < 4.78 is 13.0. The number of anilines is 1. The van der Waals surface area contributed by atoms with Crippen LogP contribution in [-0.4, -0.2) is 10.9 Å². The monoisotopic (exact) mass is 405 g/mol. The van der Waals surface area contributed by atoms with Gasteiger partial charge in [-0.3, -0.25) is 10.1 Å². The molecular formula is C23H20FN3OS. The number of benzene rings is 2. The first-order valence-electron chi connectivity index (χ1n) is 9.17. The average Bonchev–Trinajstić information content (AvgIpc) is 3.14. The second kappa shape index (κ2) is 9.26. The molecule has 0 aliphatic carbocycles. The number of rotatable bonds is 6. The number of carbonyl (C=O) groups excluding carboxylic acids is 1. The molecule has 0 bridgehead atoms. The van der Waals surface area contributed by atoms with Crippen LogP contribution in [-0.2, 0) is 11.2 Å². The maximum atomic E-state index is 13.0. The summed E-state index contributed by atoms with van der Waals surface area (Å²) in [5, 5.41) is 12.5. The topological polar surface area (TPSA) is 65.8 Å². The lowest BCUT2D eigenvalue weighted by molar-refractivity contribution is -0.112. The van der Waals surface area contributed by atoms with Crippen molar-refractivity contribution in [1.29, 1.82) is 5.26 Å². The number of nitrogens with zero attached hydrogens (tertiary/aromatic N) is 2. The van der Waals surface area contributed by atoms with Crippen molar-refractivity contribution < 1.29 is 9.18 Å². The predicted octanol–water partition coefficient (Wildman–Crippen LogP) is 5.54. The van der Waals surface area contributed by atoms with Crippen LogP contribution in [0.5, 0.6) is 0 Å². The summed E-state index contributed by atoms with van der Waals surface area (Å²) in [6, 6.07) is 16.0. The van der Waals surface area contributed by atoms with Crippen LogP contribution in [0, 0.1) is 17.1 Å². The molecule has 0 saturated heterocycles. The normalized spacial score (nSPS) is 11.3. The van der Waals surface area contributed by atoms with Gasteiger partial charge in [0.25, 0.3) is 5.91 Å². The highest BCUT2D eigenvalue weighted by Crippen LogP contribution is 2.22. The van der Waals surface area contributed by atoms with E-state index in [0.29, 0.717) is 17.5 Å². The van der Waals surface area contributed by atoms with Gasteiger partial charge < -0.3 is 0 Å². The van der Waals surface area contributed by atoms with Gasteiger partial charge in [0.15, 0.2) is 5.13 Å². The standard InChI is InChI=1S/C23H20FN3OS/c1-15(2)18-7-3-16(4-8-18)11-19(13-25)22(28)27-23-26-14-21(29-23)12-17-5-9-20(24)10-6-17/h3-11,14-15H,12H2,1-2H3,(H,26,27,28)/b19-11+. The van der Waals surface area contributed by atoms with E-state index in [9.17, 15) is 14.4 Å². The Hall–Kier alpha value is -3.30. The third-order valence-electron chi connectivity index (χ3n) is 4.34. The van der Waals surface area contributed by atoms with Gasteiger partial charge in [-0.15, -0.1) is 11.3 Å². The smallest absolute Gasteiger partial charge is 0.268 e. The fraction of sp³-hybridized carbons (Fsp3) is 0.174. The summed E-state index contributed by atoms with van der Waals surface area (Å²) in [5.41, 5.74) is 2.95. The fourth-order valence-corrected chi connectivity index (χ4v) is 3.55. The van der Waals surface area contributed by atoms with Crippen LogP contribution >= 0.6 is 11.3 Å². The van der Waals surface area contributed by atoms with Gasteiger partial charge in [-0.1, -0.05) is 50.2 Å². The number of carbonyl (C=O) groups is 1. The van der Waals surface area contributed by atoms with Crippen molar-refractivity contribution in [2.24, 2.45) is 0 Å². The molecule has 0 aliphatic heterocycles. The molecule has 1 aromatic heterocycles. The highest BCUT2D eigenvalue weighted by atomic mass is 32.1. The van der Waals surface area contributed by atoms with Gasteiger partial charge in [0.2, 0.25) is 0 Å². The van der Waals surface area contributed by atoms with E-state index in [1.807, 2.05) is 30.3 Å². The maximum absolute atomic E-state index is 13.0. The Morgan fingerprint density at radius 2 is 1.90 bits per heavy atom. The molecule has 0 fully saturated rings. The Labute approximate surface area is 173 Å². The van der Waals surface area contributed by atoms with E-state index in [4.69, 9.17) is 0 Å². The molecule has 6 heteroatoms. The summed E-state index contributed by atoms with van der Waals surface area (Å²) in [6.07, 6.45) is 3.83.